The van der Waals surface area contributed by atoms with Gasteiger partial charge in [-0.1, -0.05) is 24.8 Å². The normalized spacial score (nSPS) is 20.6. The molecule has 2 fully saturated rings. The Morgan fingerprint density at radius 3 is 2.58 bits per heavy atom. The van der Waals surface area contributed by atoms with Crippen LogP contribution >= 0.6 is 0 Å². The van der Waals surface area contributed by atoms with E-state index in [1.54, 1.807) is 6.92 Å². The number of aryl methyl sites for hydroxylation is 1. The van der Waals surface area contributed by atoms with Crippen LogP contribution in [-0.4, -0.2) is 41.3 Å². The molecule has 4 rings (SSSR count). The summed E-state index contributed by atoms with van der Waals surface area (Å²) in [6.07, 6.45) is -4.81. The van der Waals surface area contributed by atoms with E-state index in [2.05, 4.69) is 27.2 Å². The minimum Gasteiger partial charge on any atom is -0.475 e. The Hall–Kier alpha value is -3.25. The van der Waals surface area contributed by atoms with Gasteiger partial charge in [0.25, 0.3) is 6.43 Å². The van der Waals surface area contributed by atoms with E-state index in [1.807, 2.05) is 0 Å². The second-order valence-electron chi connectivity index (χ2n) is 8.44. The Morgan fingerprint density at radius 1 is 1.25 bits per heavy atom. The van der Waals surface area contributed by atoms with E-state index >= 15 is 0 Å². The van der Waals surface area contributed by atoms with Crippen LogP contribution in [0.1, 0.15) is 60.0 Å². The van der Waals surface area contributed by atoms with Crippen LogP contribution in [0.4, 0.5) is 23.4 Å². The largest absolute Gasteiger partial charge is 0.475 e. The van der Waals surface area contributed by atoms with Gasteiger partial charge in [-0.25, -0.2) is 27.5 Å². The number of ether oxygens (including phenoxy) is 3. The summed E-state index contributed by atoms with van der Waals surface area (Å²) < 4.78 is 71.3. The summed E-state index contributed by atoms with van der Waals surface area (Å²) in [4.78, 5) is 21.4. The monoisotopic (exact) mass is 510 g/mol. The molecule has 12 heteroatoms. The first-order chi connectivity index (χ1) is 17.3. The predicted octanol–water partition coefficient (Wildman–Crippen LogP) is 4.34. The number of rotatable bonds is 10. The first-order valence-electron chi connectivity index (χ1n) is 11.4. The highest BCUT2D eigenvalue weighted by Crippen LogP contribution is 2.35. The summed E-state index contributed by atoms with van der Waals surface area (Å²) in [5, 5.41) is 5.66. The van der Waals surface area contributed by atoms with Crippen molar-refractivity contribution in [3.05, 3.63) is 65.1 Å². The van der Waals surface area contributed by atoms with E-state index in [4.69, 9.17) is 14.2 Å². The second-order valence-corrected chi connectivity index (χ2v) is 8.44. The van der Waals surface area contributed by atoms with Crippen molar-refractivity contribution < 1.29 is 36.6 Å². The molecule has 194 valence electrons. The number of hydrogen-bond donors (Lipinski definition) is 2. The van der Waals surface area contributed by atoms with Crippen molar-refractivity contribution in [1.29, 1.82) is 0 Å². The Bertz CT molecular complexity index is 1110. The molecule has 1 amide bonds. The Labute approximate surface area is 205 Å². The number of anilines is 1. The van der Waals surface area contributed by atoms with Crippen LogP contribution in [0.2, 0.25) is 0 Å². The zero-order chi connectivity index (χ0) is 25.8. The predicted molar refractivity (Wildman–Crippen MR) is 120 cm³/mol. The fraction of sp³-hybridized carbons (Fsp3) is 0.458. The number of nitrogens with zero attached hydrogens (tertiary/aromatic N) is 2. The minimum atomic E-state index is -3.03. The maximum absolute atomic E-state index is 14.9. The Morgan fingerprint density at radius 2 is 1.94 bits per heavy atom. The van der Waals surface area contributed by atoms with Crippen molar-refractivity contribution in [3.63, 3.8) is 0 Å². The number of hydrogen-bond acceptors (Lipinski definition) is 7. The standard InChI is InChI=1S/C24H26F4N4O4/c1-3-34-23(16-6-4-5-15(20(16)26)21(27)28)32-22-19(24-35-7-8-36-24)17(29-12(2)30-22)11-18(33)31-14-9-13(25)10-14/h3-6,13-14,21,23-24H,1,7-11H2,2H3,(H,31,33)(H,29,30,32). The van der Waals surface area contributed by atoms with E-state index in [9.17, 15) is 22.4 Å². The van der Waals surface area contributed by atoms with Gasteiger partial charge in [0.2, 0.25) is 5.91 Å². The molecule has 8 nitrogen and oxygen atoms in total. The van der Waals surface area contributed by atoms with Crippen molar-refractivity contribution in [2.24, 2.45) is 0 Å². The van der Waals surface area contributed by atoms with E-state index < -0.39 is 36.5 Å². The summed E-state index contributed by atoms with van der Waals surface area (Å²) in [6, 6.07) is 3.32. The smallest absolute Gasteiger partial charge is 0.266 e. The molecular weight excluding hydrogens is 484 g/mol. The van der Waals surface area contributed by atoms with Crippen molar-refractivity contribution >= 4 is 11.7 Å². The lowest BCUT2D eigenvalue weighted by molar-refractivity contribution is -0.122. The molecule has 2 aromatic rings. The lowest BCUT2D eigenvalue weighted by Crippen LogP contribution is -2.45. The van der Waals surface area contributed by atoms with E-state index in [0.717, 1.165) is 12.3 Å². The number of aromatic nitrogens is 2. The van der Waals surface area contributed by atoms with Gasteiger partial charge in [0.15, 0.2) is 12.5 Å². The minimum absolute atomic E-state index is 0.110. The molecule has 0 spiro atoms. The molecule has 2 aliphatic rings. The third kappa shape index (κ3) is 5.76. The van der Waals surface area contributed by atoms with Crippen molar-refractivity contribution in [3.8, 4) is 0 Å². The average Bonchev–Trinajstić information content (AvgIpc) is 3.32. The third-order valence-electron chi connectivity index (χ3n) is 5.84. The molecule has 1 saturated heterocycles. The van der Waals surface area contributed by atoms with E-state index in [1.165, 1.54) is 12.1 Å². The highest BCUT2D eigenvalue weighted by atomic mass is 19.3. The summed E-state index contributed by atoms with van der Waals surface area (Å²) >= 11 is 0. The van der Waals surface area contributed by atoms with Crippen LogP contribution in [0.5, 0.6) is 0 Å². The lowest BCUT2D eigenvalue weighted by atomic mass is 9.90. The zero-order valence-corrected chi connectivity index (χ0v) is 19.5. The van der Waals surface area contributed by atoms with Crippen molar-refractivity contribution in [2.75, 3.05) is 18.5 Å². The Balaban J connectivity index is 1.68. The lowest BCUT2D eigenvalue weighted by Gasteiger charge is -2.30. The number of benzene rings is 1. The first kappa shape index (κ1) is 25.8. The average molecular weight is 510 g/mol. The molecule has 1 aromatic carbocycles. The third-order valence-corrected chi connectivity index (χ3v) is 5.84. The molecule has 36 heavy (non-hydrogen) atoms. The molecule has 1 saturated carbocycles. The van der Waals surface area contributed by atoms with Crippen molar-refractivity contribution in [1.82, 2.24) is 15.3 Å². The van der Waals surface area contributed by atoms with Gasteiger partial charge >= 0.3 is 0 Å². The molecule has 0 bridgehead atoms. The van der Waals surface area contributed by atoms with Gasteiger partial charge in [-0.3, -0.25) is 4.79 Å². The number of carbonyl (C=O) groups is 1. The van der Waals surface area contributed by atoms with E-state index in [-0.39, 0.29) is 72.9 Å². The number of nitrogens with one attached hydrogen (secondary N) is 2. The van der Waals surface area contributed by atoms with Gasteiger partial charge in [-0.05, 0) is 19.8 Å². The van der Waals surface area contributed by atoms with Crippen LogP contribution in [0.15, 0.2) is 31.0 Å². The van der Waals surface area contributed by atoms with E-state index in [0.29, 0.717) is 0 Å². The fourth-order valence-electron chi connectivity index (χ4n) is 4.10. The molecule has 1 aliphatic heterocycles. The number of amides is 1. The van der Waals surface area contributed by atoms with Crippen molar-refractivity contribution in [2.45, 2.75) is 57.3 Å². The van der Waals surface area contributed by atoms with Gasteiger partial charge in [0.05, 0.1) is 42.7 Å². The zero-order valence-electron chi connectivity index (χ0n) is 19.5. The van der Waals surface area contributed by atoms with Gasteiger partial charge in [0, 0.05) is 11.6 Å². The number of halogens is 4. The number of carbonyl (C=O) groups excluding carboxylic acids is 1. The molecule has 1 atom stereocenters. The van der Waals surface area contributed by atoms with Crippen LogP contribution in [-0.2, 0) is 25.4 Å². The fourth-order valence-corrected chi connectivity index (χ4v) is 4.10. The molecule has 2 N–H and O–H groups in total. The van der Waals surface area contributed by atoms with Crippen LogP contribution in [0.25, 0.3) is 0 Å². The molecule has 1 unspecified atom stereocenters. The molecule has 0 radical (unpaired) electrons. The van der Waals surface area contributed by atoms with Gasteiger partial charge in [-0.15, -0.1) is 0 Å². The first-order valence-corrected chi connectivity index (χ1v) is 11.4. The molecule has 1 aliphatic carbocycles. The van der Waals surface area contributed by atoms with Gasteiger partial charge < -0.3 is 24.8 Å². The molecular formula is C24H26F4N4O4. The summed E-state index contributed by atoms with van der Waals surface area (Å²) in [5.41, 5.74) is -0.413. The summed E-state index contributed by atoms with van der Waals surface area (Å²) in [7, 11) is 0. The van der Waals surface area contributed by atoms with Gasteiger partial charge in [0.1, 0.15) is 23.6 Å². The molecule has 2 heterocycles. The highest BCUT2D eigenvalue weighted by molar-refractivity contribution is 5.79. The summed E-state index contributed by atoms with van der Waals surface area (Å²) in [5.74, 6) is -1.13. The topological polar surface area (TPSA) is 94.6 Å². The quantitative estimate of drug-likeness (QED) is 0.279. The maximum Gasteiger partial charge on any atom is 0.266 e. The van der Waals surface area contributed by atoms with Crippen LogP contribution in [0, 0.1) is 12.7 Å². The SMILES string of the molecule is C=COC(Nc1nc(C)nc(CC(=O)NC2CC(F)C2)c1C1OCCO1)c1cccc(C(F)F)c1F. The number of alkyl halides is 3. The van der Waals surface area contributed by atoms with Gasteiger partial charge in [-0.2, -0.15) is 0 Å². The molecule has 1 aromatic heterocycles. The summed E-state index contributed by atoms with van der Waals surface area (Å²) in [6.45, 7) is 5.63. The van der Waals surface area contributed by atoms with Crippen LogP contribution < -0.4 is 10.6 Å². The maximum atomic E-state index is 14.9. The Kier molecular flexibility index (Phi) is 8.04. The second kappa shape index (κ2) is 11.2. The van der Waals surface area contributed by atoms with Crippen LogP contribution in [0.3, 0.4) is 0 Å². The highest BCUT2D eigenvalue weighted by Gasteiger charge is 2.33.